The normalized spacial score (nSPS) is 24.6. The van der Waals surface area contributed by atoms with Crippen molar-refractivity contribution in [3.63, 3.8) is 0 Å². The fourth-order valence-electron chi connectivity index (χ4n) is 3.11. The van der Waals surface area contributed by atoms with Gasteiger partial charge >= 0.3 is 0 Å². The highest BCUT2D eigenvalue weighted by atomic mass is 16.2. The van der Waals surface area contributed by atoms with Crippen LogP contribution in [0.1, 0.15) is 69.5 Å². The van der Waals surface area contributed by atoms with E-state index in [4.69, 9.17) is 5.73 Å². The largest absolute Gasteiger partial charge is 0.348 e. The molecule has 0 fully saturated rings. The van der Waals surface area contributed by atoms with Gasteiger partial charge in [-0.2, -0.15) is 0 Å². The Hall–Kier alpha value is -1.35. The van der Waals surface area contributed by atoms with Crippen molar-refractivity contribution in [3.8, 4) is 0 Å². The average Bonchev–Trinajstić information content (AvgIpc) is 2.42. The summed E-state index contributed by atoms with van der Waals surface area (Å²) in [6, 6.07) is 8.53. The number of benzene rings is 1. The van der Waals surface area contributed by atoms with Crippen LogP contribution in [0.3, 0.4) is 0 Å². The van der Waals surface area contributed by atoms with Crippen LogP contribution in [0.4, 0.5) is 0 Å². The second-order valence-corrected chi connectivity index (χ2v) is 6.30. The van der Waals surface area contributed by atoms with Gasteiger partial charge in [0.1, 0.15) is 0 Å². The molecule has 3 heteroatoms. The van der Waals surface area contributed by atoms with Gasteiger partial charge in [0.15, 0.2) is 0 Å². The highest BCUT2D eigenvalue weighted by Gasteiger charge is 2.31. The molecule has 110 valence electrons. The number of hydrogen-bond donors (Lipinski definition) is 2. The molecule has 3 atom stereocenters. The van der Waals surface area contributed by atoms with E-state index in [1.807, 2.05) is 13.0 Å². The van der Waals surface area contributed by atoms with Crippen LogP contribution in [-0.2, 0) is 4.79 Å². The lowest BCUT2D eigenvalue weighted by atomic mass is 9.80. The minimum absolute atomic E-state index is 0.0336. The number of carbonyl (C=O) groups excluding carboxylic acids is 1. The van der Waals surface area contributed by atoms with E-state index in [1.165, 1.54) is 11.1 Å². The molecule has 3 N–H and O–H groups in total. The molecule has 1 aromatic rings. The van der Waals surface area contributed by atoms with Crippen molar-refractivity contribution in [1.82, 2.24) is 5.32 Å². The summed E-state index contributed by atoms with van der Waals surface area (Å²) in [5.74, 6) is 0.535. The van der Waals surface area contributed by atoms with Crippen LogP contribution in [0.15, 0.2) is 24.3 Å². The van der Waals surface area contributed by atoms with Crippen molar-refractivity contribution in [2.75, 3.05) is 0 Å². The highest BCUT2D eigenvalue weighted by Crippen LogP contribution is 2.37. The third-order valence-corrected chi connectivity index (χ3v) is 4.38. The number of fused-ring (bicyclic) bond motifs is 1. The summed E-state index contributed by atoms with van der Waals surface area (Å²) in [7, 11) is 0. The van der Waals surface area contributed by atoms with Crippen molar-refractivity contribution in [2.45, 2.75) is 64.0 Å². The number of nitrogens with two attached hydrogens (primary N) is 1. The fourth-order valence-corrected chi connectivity index (χ4v) is 3.11. The summed E-state index contributed by atoms with van der Waals surface area (Å²) in [5.41, 5.74) is 7.97. The molecule has 3 unspecified atom stereocenters. The highest BCUT2D eigenvalue weighted by molar-refractivity contribution is 5.86. The zero-order chi connectivity index (χ0) is 14.8. The summed E-state index contributed by atoms with van der Waals surface area (Å²) >= 11 is 0. The van der Waals surface area contributed by atoms with Crippen LogP contribution in [-0.4, -0.2) is 11.4 Å². The van der Waals surface area contributed by atoms with Gasteiger partial charge in [0, 0.05) is 0 Å². The Kier molecular flexibility index (Phi) is 4.48. The summed E-state index contributed by atoms with van der Waals surface area (Å²) in [6.45, 7) is 6.13. The first-order chi connectivity index (χ1) is 9.45. The first-order valence-electron chi connectivity index (χ1n) is 7.64. The van der Waals surface area contributed by atoms with Crippen molar-refractivity contribution in [3.05, 3.63) is 35.4 Å². The molecule has 1 aromatic carbocycles. The maximum atomic E-state index is 12.4. The molecular weight excluding hydrogens is 248 g/mol. The Morgan fingerprint density at radius 2 is 2.00 bits per heavy atom. The van der Waals surface area contributed by atoms with Gasteiger partial charge in [0.25, 0.3) is 0 Å². The molecule has 1 aliphatic rings. The van der Waals surface area contributed by atoms with Gasteiger partial charge in [-0.25, -0.2) is 0 Å². The number of hydrogen-bond acceptors (Lipinski definition) is 2. The SMILES string of the molecule is CCCC(C)(N)C(=O)NC1CCC(C)c2ccccc21. The molecule has 0 saturated carbocycles. The van der Waals surface area contributed by atoms with E-state index in [-0.39, 0.29) is 11.9 Å². The summed E-state index contributed by atoms with van der Waals surface area (Å²) < 4.78 is 0. The first-order valence-corrected chi connectivity index (χ1v) is 7.64. The molecule has 0 aliphatic heterocycles. The summed E-state index contributed by atoms with van der Waals surface area (Å²) in [5, 5.41) is 3.16. The second kappa shape index (κ2) is 5.96. The maximum absolute atomic E-state index is 12.4. The molecule has 0 bridgehead atoms. The third-order valence-electron chi connectivity index (χ3n) is 4.38. The van der Waals surface area contributed by atoms with Crippen molar-refractivity contribution < 1.29 is 4.79 Å². The fraction of sp³-hybridized carbons (Fsp3) is 0.588. The maximum Gasteiger partial charge on any atom is 0.240 e. The van der Waals surface area contributed by atoms with Crippen LogP contribution in [0.25, 0.3) is 0 Å². The van der Waals surface area contributed by atoms with Crippen LogP contribution >= 0.6 is 0 Å². The van der Waals surface area contributed by atoms with Gasteiger partial charge in [-0.1, -0.05) is 44.5 Å². The van der Waals surface area contributed by atoms with Crippen molar-refractivity contribution >= 4 is 5.91 Å². The Balaban J connectivity index is 2.15. The van der Waals surface area contributed by atoms with Crippen LogP contribution in [0.5, 0.6) is 0 Å². The average molecular weight is 274 g/mol. The zero-order valence-corrected chi connectivity index (χ0v) is 12.8. The van der Waals surface area contributed by atoms with E-state index in [9.17, 15) is 4.79 Å². The topological polar surface area (TPSA) is 55.1 Å². The lowest BCUT2D eigenvalue weighted by Gasteiger charge is -2.33. The molecule has 1 amide bonds. The van der Waals surface area contributed by atoms with Gasteiger partial charge in [-0.15, -0.1) is 0 Å². The van der Waals surface area contributed by atoms with Gasteiger partial charge in [-0.05, 0) is 43.2 Å². The molecular formula is C17H26N2O. The summed E-state index contributed by atoms with van der Waals surface area (Å²) in [6.07, 6.45) is 3.73. The van der Waals surface area contributed by atoms with E-state index >= 15 is 0 Å². The molecule has 2 rings (SSSR count). The smallest absolute Gasteiger partial charge is 0.240 e. The molecule has 0 saturated heterocycles. The quantitative estimate of drug-likeness (QED) is 0.885. The number of nitrogens with one attached hydrogen (secondary N) is 1. The Morgan fingerprint density at radius 3 is 2.65 bits per heavy atom. The monoisotopic (exact) mass is 274 g/mol. The molecule has 3 nitrogen and oxygen atoms in total. The van der Waals surface area contributed by atoms with E-state index in [0.717, 1.165) is 19.3 Å². The lowest BCUT2D eigenvalue weighted by molar-refractivity contribution is -0.127. The van der Waals surface area contributed by atoms with Crippen LogP contribution < -0.4 is 11.1 Å². The van der Waals surface area contributed by atoms with Crippen molar-refractivity contribution in [2.24, 2.45) is 5.73 Å². The number of amides is 1. The van der Waals surface area contributed by atoms with Gasteiger partial charge in [0.2, 0.25) is 5.91 Å². The van der Waals surface area contributed by atoms with E-state index in [2.05, 4.69) is 37.4 Å². The van der Waals surface area contributed by atoms with Gasteiger partial charge < -0.3 is 11.1 Å². The van der Waals surface area contributed by atoms with E-state index in [1.54, 1.807) is 0 Å². The molecule has 0 aromatic heterocycles. The van der Waals surface area contributed by atoms with Crippen molar-refractivity contribution in [1.29, 1.82) is 0 Å². The predicted molar refractivity (Wildman–Crippen MR) is 82.5 cm³/mol. The summed E-state index contributed by atoms with van der Waals surface area (Å²) in [4.78, 5) is 12.4. The molecule has 0 spiro atoms. The number of rotatable bonds is 4. The molecule has 0 heterocycles. The minimum atomic E-state index is -0.771. The van der Waals surface area contributed by atoms with Crippen LogP contribution in [0, 0.1) is 0 Å². The molecule has 1 aliphatic carbocycles. The first kappa shape index (κ1) is 15.0. The Bertz CT molecular complexity index is 482. The Labute approximate surface area is 121 Å². The zero-order valence-electron chi connectivity index (χ0n) is 12.8. The molecule has 20 heavy (non-hydrogen) atoms. The lowest BCUT2D eigenvalue weighted by Crippen LogP contribution is -2.52. The van der Waals surface area contributed by atoms with E-state index in [0.29, 0.717) is 12.3 Å². The Morgan fingerprint density at radius 1 is 1.35 bits per heavy atom. The number of carbonyl (C=O) groups is 1. The second-order valence-electron chi connectivity index (χ2n) is 6.30. The van der Waals surface area contributed by atoms with Crippen LogP contribution in [0.2, 0.25) is 0 Å². The van der Waals surface area contributed by atoms with Gasteiger partial charge in [0.05, 0.1) is 11.6 Å². The third kappa shape index (κ3) is 3.04. The molecule has 0 radical (unpaired) electrons. The predicted octanol–water partition coefficient (Wildman–Crippen LogP) is 3.26. The van der Waals surface area contributed by atoms with E-state index < -0.39 is 5.54 Å². The standard InChI is InChI=1S/C17H26N2O/c1-4-11-17(3,18)16(20)19-15-10-9-12(2)13-7-5-6-8-14(13)15/h5-8,12,15H,4,9-11,18H2,1-3H3,(H,19,20). The van der Waals surface area contributed by atoms with Gasteiger partial charge in [-0.3, -0.25) is 4.79 Å². The minimum Gasteiger partial charge on any atom is -0.348 e.